The fourth-order valence-corrected chi connectivity index (χ4v) is 2.45. The zero-order chi connectivity index (χ0) is 22.3. The number of nitro groups is 2. The van der Waals surface area contributed by atoms with Crippen LogP contribution in [0.4, 0.5) is 11.4 Å². The number of carbonyl (C=O) groups excluding carboxylic acids is 2. The van der Waals surface area contributed by atoms with Crippen molar-refractivity contribution in [3.05, 3.63) is 79.9 Å². The second-order valence-electron chi connectivity index (χ2n) is 5.37. The van der Waals surface area contributed by atoms with Crippen LogP contribution in [0.5, 0.6) is 0 Å². The lowest BCUT2D eigenvalue weighted by atomic mass is 10.1. The summed E-state index contributed by atoms with van der Waals surface area (Å²) in [5, 5.41) is 25.8. The molecule has 0 saturated carbocycles. The third kappa shape index (κ3) is 5.73. The quantitative estimate of drug-likeness (QED) is 0.304. The third-order valence-corrected chi connectivity index (χ3v) is 3.84. The fraction of sp³-hybridized carbons (Fsp3) is 0. The number of nitrogens with one attached hydrogen (secondary N) is 4. The maximum Gasteiger partial charge on any atom is 0.282 e. The largest absolute Gasteiger partial charge is 0.297 e. The number of rotatable bonds is 4. The molecule has 0 aromatic heterocycles. The molecule has 0 saturated heterocycles. The summed E-state index contributed by atoms with van der Waals surface area (Å²) in [7, 11) is 0. The maximum atomic E-state index is 12.2. The lowest BCUT2D eigenvalue weighted by Crippen LogP contribution is -2.52. The number of hydrazine groups is 1. The summed E-state index contributed by atoms with van der Waals surface area (Å²) in [6.45, 7) is 0. The number of thiocarbonyl (C=S) groups is 2. The van der Waals surface area contributed by atoms with E-state index in [1.807, 2.05) is 0 Å². The maximum absolute atomic E-state index is 12.2. The third-order valence-electron chi connectivity index (χ3n) is 3.43. The normalized spacial score (nSPS) is 9.73. The van der Waals surface area contributed by atoms with Gasteiger partial charge in [-0.2, -0.15) is 0 Å². The monoisotopic (exact) mass is 448 g/mol. The molecule has 2 amide bonds. The van der Waals surface area contributed by atoms with E-state index in [4.69, 9.17) is 24.4 Å². The Morgan fingerprint density at radius 3 is 1.37 bits per heavy atom. The van der Waals surface area contributed by atoms with Gasteiger partial charge in [0, 0.05) is 12.1 Å². The summed E-state index contributed by atoms with van der Waals surface area (Å²) in [5.41, 5.74) is 3.40. The Labute approximate surface area is 178 Å². The molecule has 0 bridgehead atoms. The zero-order valence-corrected chi connectivity index (χ0v) is 16.4. The van der Waals surface area contributed by atoms with Gasteiger partial charge in [-0.05, 0) is 36.6 Å². The molecule has 0 heterocycles. The average Bonchev–Trinajstić information content (AvgIpc) is 2.72. The van der Waals surface area contributed by atoms with Crippen LogP contribution in [0.15, 0.2) is 48.5 Å². The lowest BCUT2D eigenvalue weighted by molar-refractivity contribution is -0.385. The van der Waals surface area contributed by atoms with Crippen molar-refractivity contribution in [1.29, 1.82) is 0 Å². The molecule has 14 heteroatoms. The van der Waals surface area contributed by atoms with Crippen LogP contribution in [0.2, 0.25) is 0 Å². The molecular weight excluding hydrogens is 436 g/mol. The zero-order valence-electron chi connectivity index (χ0n) is 14.8. The number of para-hydroxylation sites is 2. The van der Waals surface area contributed by atoms with E-state index in [0.29, 0.717) is 0 Å². The van der Waals surface area contributed by atoms with E-state index < -0.39 is 33.0 Å². The van der Waals surface area contributed by atoms with Gasteiger partial charge in [-0.15, -0.1) is 0 Å². The first-order valence-corrected chi connectivity index (χ1v) is 8.72. The highest BCUT2D eigenvalue weighted by atomic mass is 32.1. The molecule has 0 spiro atoms. The molecular formula is C16H12N6O6S2. The summed E-state index contributed by atoms with van der Waals surface area (Å²) in [5.74, 6) is -1.67. The van der Waals surface area contributed by atoms with Crippen LogP contribution >= 0.6 is 24.4 Å². The molecule has 2 aromatic carbocycles. The van der Waals surface area contributed by atoms with Gasteiger partial charge in [-0.3, -0.25) is 51.3 Å². The molecule has 0 atom stereocenters. The molecule has 154 valence electrons. The summed E-state index contributed by atoms with van der Waals surface area (Å²) < 4.78 is 0. The van der Waals surface area contributed by atoms with Crippen molar-refractivity contribution in [2.24, 2.45) is 0 Å². The van der Waals surface area contributed by atoms with Crippen LogP contribution in [-0.2, 0) is 0 Å². The van der Waals surface area contributed by atoms with Gasteiger partial charge in [-0.1, -0.05) is 24.3 Å². The van der Waals surface area contributed by atoms with Gasteiger partial charge in [0.25, 0.3) is 23.2 Å². The van der Waals surface area contributed by atoms with E-state index in [1.165, 1.54) is 36.4 Å². The van der Waals surface area contributed by atoms with Crippen LogP contribution in [0, 0.1) is 20.2 Å². The second-order valence-corrected chi connectivity index (χ2v) is 6.18. The van der Waals surface area contributed by atoms with Crippen molar-refractivity contribution in [3.63, 3.8) is 0 Å². The molecule has 30 heavy (non-hydrogen) atoms. The van der Waals surface area contributed by atoms with Crippen LogP contribution in [0.3, 0.4) is 0 Å². The van der Waals surface area contributed by atoms with Crippen LogP contribution < -0.4 is 21.5 Å². The molecule has 0 aliphatic rings. The summed E-state index contributed by atoms with van der Waals surface area (Å²) in [6, 6.07) is 10.5. The molecule has 2 rings (SSSR count). The Balaban J connectivity index is 1.92. The van der Waals surface area contributed by atoms with E-state index in [1.54, 1.807) is 0 Å². The second kappa shape index (κ2) is 9.94. The number of nitro benzene ring substituents is 2. The minimum atomic E-state index is -0.837. The van der Waals surface area contributed by atoms with Crippen molar-refractivity contribution >= 4 is 57.8 Å². The minimum Gasteiger partial charge on any atom is -0.297 e. The first kappa shape index (κ1) is 22.3. The van der Waals surface area contributed by atoms with E-state index in [-0.39, 0.29) is 21.4 Å². The van der Waals surface area contributed by atoms with Crippen molar-refractivity contribution in [2.75, 3.05) is 0 Å². The molecule has 0 unspecified atom stereocenters. The predicted molar refractivity (Wildman–Crippen MR) is 113 cm³/mol. The number of hydrogen-bond donors (Lipinski definition) is 4. The summed E-state index contributed by atoms with van der Waals surface area (Å²) in [4.78, 5) is 44.8. The number of hydrogen-bond acceptors (Lipinski definition) is 8. The van der Waals surface area contributed by atoms with Crippen LogP contribution in [0.1, 0.15) is 20.7 Å². The molecule has 0 aliphatic carbocycles. The summed E-state index contributed by atoms with van der Waals surface area (Å²) in [6.07, 6.45) is 0. The molecule has 4 N–H and O–H groups in total. The van der Waals surface area contributed by atoms with Gasteiger partial charge in [-0.25, -0.2) is 0 Å². The average molecular weight is 448 g/mol. The Hall–Kier alpha value is -4.04. The fourth-order valence-electron chi connectivity index (χ4n) is 2.17. The van der Waals surface area contributed by atoms with E-state index in [0.717, 1.165) is 12.1 Å². The highest BCUT2D eigenvalue weighted by Gasteiger charge is 2.21. The van der Waals surface area contributed by atoms with Crippen LogP contribution in [-0.4, -0.2) is 31.9 Å². The Kier molecular flexibility index (Phi) is 7.38. The molecule has 12 nitrogen and oxygen atoms in total. The van der Waals surface area contributed by atoms with Crippen molar-refractivity contribution < 1.29 is 19.4 Å². The standard InChI is InChI=1S/C16H12N6O6S2/c23-13(9-5-1-3-7-11(9)21(25)26)17-15(29)19-20-16(30)18-14(24)10-6-2-4-8-12(10)22(27)28/h1-8H,(H2,17,19,23,29)(H2,18,20,24,30). The predicted octanol–water partition coefficient (Wildman–Crippen LogP) is 1.33. The van der Waals surface area contributed by atoms with Gasteiger partial charge in [0.2, 0.25) is 0 Å². The number of nitrogens with zero attached hydrogens (tertiary/aromatic N) is 2. The highest BCUT2D eigenvalue weighted by molar-refractivity contribution is 7.80. The van der Waals surface area contributed by atoms with Crippen molar-refractivity contribution in [2.45, 2.75) is 0 Å². The van der Waals surface area contributed by atoms with Gasteiger partial charge in [0.05, 0.1) is 9.85 Å². The number of benzene rings is 2. The van der Waals surface area contributed by atoms with Crippen molar-refractivity contribution in [1.82, 2.24) is 21.5 Å². The Morgan fingerprint density at radius 2 is 1.03 bits per heavy atom. The molecule has 0 fully saturated rings. The van der Waals surface area contributed by atoms with Gasteiger partial charge >= 0.3 is 0 Å². The smallest absolute Gasteiger partial charge is 0.282 e. The van der Waals surface area contributed by atoms with E-state index in [2.05, 4.69) is 21.5 Å². The van der Waals surface area contributed by atoms with Gasteiger partial charge in [0.15, 0.2) is 10.2 Å². The van der Waals surface area contributed by atoms with Crippen LogP contribution in [0.25, 0.3) is 0 Å². The van der Waals surface area contributed by atoms with E-state index in [9.17, 15) is 29.8 Å². The number of carbonyl (C=O) groups is 2. The number of amides is 2. The minimum absolute atomic E-state index is 0.209. The first-order valence-electron chi connectivity index (χ1n) is 7.90. The highest BCUT2D eigenvalue weighted by Crippen LogP contribution is 2.18. The summed E-state index contributed by atoms with van der Waals surface area (Å²) >= 11 is 9.77. The Bertz CT molecular complexity index is 977. The first-order chi connectivity index (χ1) is 14.2. The SMILES string of the molecule is O=C(NC(=S)NNC(=S)NC(=O)c1ccccc1[N+](=O)[O-])c1ccccc1[N+](=O)[O-]. The lowest BCUT2D eigenvalue weighted by Gasteiger charge is -2.13. The van der Waals surface area contributed by atoms with Gasteiger partial charge in [0.1, 0.15) is 11.1 Å². The Morgan fingerprint density at radius 1 is 0.700 bits per heavy atom. The molecule has 0 aliphatic heterocycles. The topological polar surface area (TPSA) is 169 Å². The van der Waals surface area contributed by atoms with E-state index >= 15 is 0 Å². The van der Waals surface area contributed by atoms with Gasteiger partial charge < -0.3 is 0 Å². The molecule has 2 aromatic rings. The van der Waals surface area contributed by atoms with Crippen molar-refractivity contribution in [3.8, 4) is 0 Å². The molecule has 0 radical (unpaired) electrons.